The molecule has 2 heterocycles. The predicted octanol–water partition coefficient (Wildman–Crippen LogP) is 11.4. The van der Waals surface area contributed by atoms with Crippen LogP contribution < -0.4 is 26.0 Å². The number of nitrogens with zero attached hydrogens (tertiary/aromatic N) is 4. The Labute approximate surface area is 359 Å². The molecule has 0 aliphatic rings. The van der Waals surface area contributed by atoms with Crippen molar-refractivity contribution in [3.63, 3.8) is 0 Å². The summed E-state index contributed by atoms with van der Waals surface area (Å²) in [6.07, 6.45) is 8.58. The van der Waals surface area contributed by atoms with Crippen LogP contribution in [0.5, 0.6) is 0 Å². The van der Waals surface area contributed by atoms with Crippen LogP contribution in [0.25, 0.3) is 52.3 Å². The third-order valence-corrected chi connectivity index (χ3v) is 10.8. The van der Waals surface area contributed by atoms with Crippen LogP contribution in [-0.4, -0.2) is 37.3 Å². The van der Waals surface area contributed by atoms with Crippen LogP contribution in [0.2, 0.25) is 0 Å². The van der Waals surface area contributed by atoms with Crippen molar-refractivity contribution in [3.8, 4) is 6.07 Å². The van der Waals surface area contributed by atoms with Gasteiger partial charge in [-0.15, -0.1) is 0 Å². The maximum atomic E-state index is 13.0. The Morgan fingerprint density at radius 2 is 0.919 bits per heavy atom. The number of fused-ring (bicyclic) bond motifs is 2. The van der Waals surface area contributed by atoms with Crippen LogP contribution in [0.1, 0.15) is 55.5 Å². The first-order chi connectivity index (χ1) is 30.1. The highest BCUT2D eigenvalue weighted by Crippen LogP contribution is 2.35. The van der Waals surface area contributed by atoms with E-state index in [4.69, 9.17) is 8.83 Å². The summed E-state index contributed by atoms with van der Waals surface area (Å²) in [5.41, 5.74) is 7.55. The van der Waals surface area contributed by atoms with E-state index in [1.54, 1.807) is 30.4 Å². The van der Waals surface area contributed by atoms with Gasteiger partial charge in [-0.25, -0.2) is 14.4 Å². The van der Waals surface area contributed by atoms with Gasteiger partial charge in [-0.1, -0.05) is 48.6 Å². The monoisotopic (exact) mass is 822 g/mol. The van der Waals surface area contributed by atoms with Crippen molar-refractivity contribution in [1.29, 1.82) is 5.26 Å². The van der Waals surface area contributed by atoms with Crippen molar-refractivity contribution in [2.75, 3.05) is 40.9 Å². The molecule has 0 saturated carbocycles. The molecule has 0 atom stereocenters. The summed E-state index contributed by atoms with van der Waals surface area (Å²) in [5.74, 6) is -1.29. The maximum Gasteiger partial charge on any atom is 0.346 e. The van der Waals surface area contributed by atoms with E-state index in [-0.39, 0.29) is 5.57 Å². The van der Waals surface area contributed by atoms with E-state index in [9.17, 15) is 24.8 Å². The van der Waals surface area contributed by atoms with E-state index in [2.05, 4.69) is 37.5 Å². The molecule has 10 nitrogen and oxygen atoms in total. The summed E-state index contributed by atoms with van der Waals surface area (Å²) < 4.78 is 11.5. The molecular weight excluding hydrogens is 777 g/mol. The van der Waals surface area contributed by atoms with Crippen LogP contribution in [0.3, 0.4) is 0 Å². The van der Waals surface area contributed by atoms with E-state index < -0.39 is 17.2 Å². The number of nitriles is 1. The molecule has 310 valence electrons. The van der Waals surface area contributed by atoms with Gasteiger partial charge in [0.15, 0.2) is 0 Å². The molecule has 0 spiro atoms. The van der Waals surface area contributed by atoms with Gasteiger partial charge >= 0.3 is 17.2 Å². The Hall–Kier alpha value is -7.90. The molecule has 0 bridgehead atoms. The number of hydrogen-bond donors (Lipinski definition) is 1. The van der Waals surface area contributed by atoms with Crippen LogP contribution >= 0.6 is 0 Å². The highest BCUT2D eigenvalue weighted by atomic mass is 16.4. The van der Waals surface area contributed by atoms with Gasteiger partial charge < -0.3 is 28.6 Å². The van der Waals surface area contributed by atoms with E-state index in [0.717, 1.165) is 76.5 Å². The largest absolute Gasteiger partial charge is 0.477 e. The smallest absolute Gasteiger partial charge is 0.346 e. The Balaban J connectivity index is 1.16. The van der Waals surface area contributed by atoms with E-state index >= 15 is 0 Å². The van der Waals surface area contributed by atoms with Crippen molar-refractivity contribution in [3.05, 3.63) is 176 Å². The third kappa shape index (κ3) is 9.43. The van der Waals surface area contributed by atoms with Gasteiger partial charge in [-0.05, 0) is 135 Å². The fraction of sp³-hybridized carbons (Fsp3) is 0.154. The summed E-state index contributed by atoms with van der Waals surface area (Å²) in [7, 11) is 0. The maximum absolute atomic E-state index is 13.0. The van der Waals surface area contributed by atoms with Crippen LogP contribution in [0, 0.1) is 11.3 Å². The number of benzene rings is 5. The standard InChI is InChI=1S/C52H46N4O6/c1-5-54(6-2)46-27-19-38-30-40(51(59)61-48(38)32-46)17-9-35-11-21-43(22-12-35)56(45-25-15-37(16-26-45)29-42(34-53)50(57)58)44-23-13-36(14-24-44)10-18-41-31-39-20-28-47(55(7-3)8-4)33-49(39)62-52(41)60/h9-33H,5-8H2,1-4H3,(H,57,58)/b17-9+,18-10+,42-29+. The minimum absolute atomic E-state index is 0.362. The summed E-state index contributed by atoms with van der Waals surface area (Å²) >= 11 is 0. The normalized spacial score (nSPS) is 11.7. The van der Waals surface area contributed by atoms with Gasteiger partial charge in [0.05, 0.1) is 11.1 Å². The summed E-state index contributed by atoms with van der Waals surface area (Å²) in [6, 6.07) is 40.2. The molecule has 0 aliphatic heterocycles. The first-order valence-electron chi connectivity index (χ1n) is 20.6. The van der Waals surface area contributed by atoms with Gasteiger partial charge in [0, 0.05) is 77.5 Å². The molecule has 0 aliphatic carbocycles. The summed E-state index contributed by atoms with van der Waals surface area (Å²) in [6.45, 7) is 11.8. The molecule has 0 unspecified atom stereocenters. The second-order valence-corrected chi connectivity index (χ2v) is 14.5. The molecular formula is C52H46N4O6. The van der Waals surface area contributed by atoms with E-state index in [0.29, 0.717) is 27.9 Å². The zero-order valence-corrected chi connectivity index (χ0v) is 35.0. The van der Waals surface area contributed by atoms with Crippen molar-refractivity contribution >= 4 is 86.7 Å². The number of aliphatic carboxylic acids is 1. The molecule has 0 radical (unpaired) electrons. The van der Waals surface area contributed by atoms with Gasteiger partial charge in [-0.2, -0.15) is 5.26 Å². The van der Waals surface area contributed by atoms with Gasteiger partial charge in [-0.3, -0.25) is 0 Å². The lowest BCUT2D eigenvalue weighted by Crippen LogP contribution is -2.21. The van der Waals surface area contributed by atoms with Crippen LogP contribution in [0.4, 0.5) is 28.4 Å². The fourth-order valence-corrected chi connectivity index (χ4v) is 7.35. The number of carboxylic acid groups (broad SMARTS) is 1. The van der Waals surface area contributed by atoms with E-state index in [1.165, 1.54) is 6.08 Å². The lowest BCUT2D eigenvalue weighted by Gasteiger charge is -2.26. The topological polar surface area (TPSA) is 131 Å². The zero-order valence-electron chi connectivity index (χ0n) is 35.0. The fourth-order valence-electron chi connectivity index (χ4n) is 7.35. The van der Waals surface area contributed by atoms with Gasteiger partial charge in [0.25, 0.3) is 0 Å². The molecule has 0 amide bonds. The first-order valence-corrected chi connectivity index (χ1v) is 20.6. The molecule has 2 aromatic heterocycles. The van der Waals surface area contributed by atoms with Crippen molar-refractivity contribution in [2.45, 2.75) is 27.7 Å². The average molecular weight is 823 g/mol. The summed E-state index contributed by atoms with van der Waals surface area (Å²) in [4.78, 5) is 43.9. The molecule has 5 aromatic carbocycles. The Morgan fingerprint density at radius 3 is 1.27 bits per heavy atom. The molecule has 10 heteroatoms. The first kappa shape index (κ1) is 42.2. The van der Waals surface area contributed by atoms with Crippen molar-refractivity contribution < 1.29 is 18.7 Å². The van der Waals surface area contributed by atoms with Gasteiger partial charge in [0.2, 0.25) is 0 Å². The SMILES string of the molecule is CCN(CC)c1ccc2cc(/C=C/c3ccc(N(c4ccc(/C=C/c5cc6ccc(N(CC)CC)cc6oc5=O)cc4)c4ccc(/C=C(\C#N)C(=O)O)cc4)cc3)c(=O)oc2c1. The second-order valence-electron chi connectivity index (χ2n) is 14.5. The number of carboxylic acids is 1. The molecule has 7 aromatic rings. The van der Waals surface area contributed by atoms with Crippen molar-refractivity contribution in [1.82, 2.24) is 0 Å². The second kappa shape index (κ2) is 19.0. The quantitative estimate of drug-likeness (QED) is 0.0605. The van der Waals surface area contributed by atoms with Gasteiger partial charge in [0.1, 0.15) is 22.8 Å². The number of carbonyl (C=O) groups is 1. The lowest BCUT2D eigenvalue weighted by atomic mass is 10.1. The minimum Gasteiger partial charge on any atom is -0.477 e. The minimum atomic E-state index is -1.29. The zero-order chi connectivity index (χ0) is 43.8. The van der Waals surface area contributed by atoms with E-state index in [1.807, 2.05) is 126 Å². The third-order valence-electron chi connectivity index (χ3n) is 10.8. The van der Waals surface area contributed by atoms with Crippen LogP contribution in [-0.2, 0) is 4.79 Å². The Morgan fingerprint density at radius 1 is 0.548 bits per heavy atom. The molecule has 0 saturated heterocycles. The molecule has 7 rings (SSSR count). The highest BCUT2D eigenvalue weighted by Gasteiger charge is 2.14. The average Bonchev–Trinajstić information content (AvgIpc) is 3.29. The molecule has 0 fully saturated rings. The summed E-state index contributed by atoms with van der Waals surface area (Å²) in [5, 5.41) is 20.3. The Bertz CT molecular complexity index is 2820. The number of rotatable bonds is 15. The van der Waals surface area contributed by atoms with Crippen molar-refractivity contribution in [2.24, 2.45) is 0 Å². The van der Waals surface area contributed by atoms with Crippen LogP contribution in [0.15, 0.2) is 145 Å². The lowest BCUT2D eigenvalue weighted by molar-refractivity contribution is -0.132. The number of hydrogen-bond acceptors (Lipinski definition) is 9. The number of anilines is 5. The predicted molar refractivity (Wildman–Crippen MR) is 252 cm³/mol. The Kier molecular flexibility index (Phi) is 12.9. The highest BCUT2D eigenvalue weighted by molar-refractivity contribution is 5.96. The molecule has 62 heavy (non-hydrogen) atoms. The molecule has 1 N–H and O–H groups in total.